The Hall–Kier alpha value is -0.620. The topological polar surface area (TPSA) is 66.5 Å². The lowest BCUT2D eigenvalue weighted by Gasteiger charge is -2.31. The molecule has 2 heterocycles. The molecule has 110 valence electrons. The predicted molar refractivity (Wildman–Crippen MR) is 74.7 cm³/mol. The van der Waals surface area contributed by atoms with Crippen LogP contribution in [0.3, 0.4) is 0 Å². The molecule has 1 N–H and O–H groups in total. The maximum atomic E-state index is 12.3. The Morgan fingerprint density at radius 1 is 1.26 bits per heavy atom. The van der Waals surface area contributed by atoms with Crippen LogP contribution < -0.4 is 5.32 Å². The van der Waals surface area contributed by atoms with E-state index in [0.717, 1.165) is 32.4 Å². The minimum atomic E-state index is -3.22. The molecule has 2 fully saturated rings. The van der Waals surface area contributed by atoms with Gasteiger partial charge in [0.1, 0.15) is 5.25 Å². The van der Waals surface area contributed by atoms with Crippen LogP contribution >= 0.6 is 0 Å². The molecular formula is C13H24N2O3S. The largest absolute Gasteiger partial charge is 0.344 e. The summed E-state index contributed by atoms with van der Waals surface area (Å²) in [6.45, 7) is 2.64. The third kappa shape index (κ3) is 3.69. The maximum absolute atomic E-state index is 12.3. The van der Waals surface area contributed by atoms with Gasteiger partial charge in [0.15, 0.2) is 9.84 Å². The fraction of sp³-hybridized carbons (Fsp3) is 0.923. The van der Waals surface area contributed by atoms with Crippen LogP contribution in [0.15, 0.2) is 0 Å². The Bertz CT molecular complexity index is 416. The minimum absolute atomic E-state index is 0.169. The number of hydrogen-bond acceptors (Lipinski definition) is 4. The minimum Gasteiger partial charge on any atom is -0.344 e. The summed E-state index contributed by atoms with van der Waals surface area (Å²) in [6, 6.07) is 0. The van der Waals surface area contributed by atoms with Gasteiger partial charge in [-0.05, 0) is 44.7 Å². The van der Waals surface area contributed by atoms with Gasteiger partial charge >= 0.3 is 0 Å². The first-order valence-corrected chi connectivity index (χ1v) is 8.89. The van der Waals surface area contributed by atoms with Gasteiger partial charge in [0.05, 0.1) is 5.75 Å². The van der Waals surface area contributed by atoms with Crippen molar-refractivity contribution >= 4 is 15.7 Å². The molecule has 0 saturated carbocycles. The van der Waals surface area contributed by atoms with Crippen molar-refractivity contribution in [3.63, 3.8) is 0 Å². The van der Waals surface area contributed by atoms with Gasteiger partial charge in [-0.3, -0.25) is 4.79 Å². The van der Waals surface area contributed by atoms with Crippen LogP contribution in [0.25, 0.3) is 0 Å². The fourth-order valence-electron chi connectivity index (χ4n) is 3.03. The van der Waals surface area contributed by atoms with Gasteiger partial charge in [-0.25, -0.2) is 8.42 Å². The van der Waals surface area contributed by atoms with Gasteiger partial charge < -0.3 is 10.2 Å². The van der Waals surface area contributed by atoms with Gasteiger partial charge in [-0.2, -0.15) is 0 Å². The van der Waals surface area contributed by atoms with E-state index in [1.807, 2.05) is 0 Å². The molecule has 2 aliphatic rings. The average molecular weight is 288 g/mol. The van der Waals surface area contributed by atoms with Crippen molar-refractivity contribution < 1.29 is 13.2 Å². The van der Waals surface area contributed by atoms with Crippen molar-refractivity contribution in [1.29, 1.82) is 0 Å². The molecule has 0 aliphatic carbocycles. The van der Waals surface area contributed by atoms with Gasteiger partial charge in [0, 0.05) is 13.6 Å². The highest BCUT2D eigenvalue weighted by Crippen LogP contribution is 2.22. The number of carbonyl (C=O) groups is 1. The zero-order chi connectivity index (χ0) is 13.9. The molecule has 0 bridgehead atoms. The van der Waals surface area contributed by atoms with E-state index in [1.54, 1.807) is 11.9 Å². The summed E-state index contributed by atoms with van der Waals surface area (Å²) in [5, 5.41) is 2.53. The summed E-state index contributed by atoms with van der Waals surface area (Å²) in [5.41, 5.74) is 0. The molecule has 0 radical (unpaired) electrons. The molecule has 2 atom stereocenters. The van der Waals surface area contributed by atoms with E-state index in [0.29, 0.717) is 25.3 Å². The molecular weight excluding hydrogens is 264 g/mol. The smallest absolute Gasteiger partial charge is 0.240 e. The zero-order valence-corrected chi connectivity index (χ0v) is 12.4. The monoisotopic (exact) mass is 288 g/mol. The Morgan fingerprint density at radius 2 is 2.05 bits per heavy atom. The van der Waals surface area contributed by atoms with Crippen LogP contribution in [0.1, 0.15) is 32.1 Å². The van der Waals surface area contributed by atoms with Crippen molar-refractivity contribution in [3.05, 3.63) is 0 Å². The number of rotatable bonds is 3. The van der Waals surface area contributed by atoms with Crippen molar-refractivity contribution in [2.45, 2.75) is 37.4 Å². The highest BCUT2D eigenvalue weighted by Gasteiger charge is 2.36. The first-order chi connectivity index (χ1) is 9.00. The summed E-state index contributed by atoms with van der Waals surface area (Å²) < 4.78 is 23.9. The van der Waals surface area contributed by atoms with Crippen LogP contribution in [0.2, 0.25) is 0 Å². The van der Waals surface area contributed by atoms with Crippen LogP contribution in [0.5, 0.6) is 0 Å². The Morgan fingerprint density at radius 3 is 2.68 bits per heavy atom. The number of sulfone groups is 1. The van der Waals surface area contributed by atoms with E-state index in [-0.39, 0.29) is 11.7 Å². The molecule has 2 rings (SSSR count). The van der Waals surface area contributed by atoms with Gasteiger partial charge in [0.25, 0.3) is 0 Å². The van der Waals surface area contributed by atoms with Gasteiger partial charge in [0.2, 0.25) is 5.91 Å². The molecule has 0 aromatic heterocycles. The molecule has 1 amide bonds. The highest BCUT2D eigenvalue weighted by molar-refractivity contribution is 7.92. The lowest BCUT2D eigenvalue weighted by atomic mass is 9.99. The van der Waals surface area contributed by atoms with Crippen LogP contribution in [0, 0.1) is 5.92 Å². The number of nitrogens with zero attached hydrogens (tertiary/aromatic N) is 1. The number of hydrogen-bond donors (Lipinski definition) is 1. The van der Waals surface area contributed by atoms with E-state index in [2.05, 4.69) is 5.32 Å². The van der Waals surface area contributed by atoms with E-state index >= 15 is 0 Å². The Labute approximate surface area is 115 Å². The molecule has 19 heavy (non-hydrogen) atoms. The third-order valence-electron chi connectivity index (χ3n) is 4.16. The Balaban J connectivity index is 1.94. The second-order valence-corrected chi connectivity index (χ2v) is 8.09. The third-order valence-corrected chi connectivity index (χ3v) is 6.32. The molecule has 5 nitrogen and oxygen atoms in total. The Kier molecular flexibility index (Phi) is 4.84. The van der Waals surface area contributed by atoms with E-state index in [9.17, 15) is 13.2 Å². The first kappa shape index (κ1) is 14.8. The van der Waals surface area contributed by atoms with E-state index in [1.165, 1.54) is 0 Å². The van der Waals surface area contributed by atoms with Crippen molar-refractivity contribution in [3.8, 4) is 0 Å². The summed E-state index contributed by atoms with van der Waals surface area (Å²) in [6.07, 6.45) is 4.28. The summed E-state index contributed by atoms with van der Waals surface area (Å²) in [5.74, 6) is 0.418. The maximum Gasteiger partial charge on any atom is 0.240 e. The fourth-order valence-corrected chi connectivity index (χ4v) is 4.94. The average Bonchev–Trinajstić information content (AvgIpc) is 2.38. The van der Waals surface area contributed by atoms with Gasteiger partial charge in [-0.1, -0.05) is 6.42 Å². The molecule has 2 unspecified atom stereocenters. The summed E-state index contributed by atoms with van der Waals surface area (Å²) in [7, 11) is -1.48. The summed E-state index contributed by atoms with van der Waals surface area (Å²) >= 11 is 0. The number of carbonyl (C=O) groups excluding carboxylic acids is 1. The first-order valence-electron chi connectivity index (χ1n) is 7.18. The molecule has 2 aliphatic heterocycles. The second-order valence-electron chi connectivity index (χ2n) is 5.78. The number of nitrogens with one attached hydrogen (secondary N) is 1. The molecule has 2 saturated heterocycles. The lowest BCUT2D eigenvalue weighted by molar-refractivity contribution is -0.130. The second kappa shape index (κ2) is 6.22. The molecule has 0 aromatic rings. The van der Waals surface area contributed by atoms with Gasteiger partial charge in [-0.15, -0.1) is 0 Å². The summed E-state index contributed by atoms with van der Waals surface area (Å²) in [4.78, 5) is 13.9. The molecule has 6 heteroatoms. The van der Waals surface area contributed by atoms with Crippen molar-refractivity contribution in [2.75, 3.05) is 32.4 Å². The normalized spacial score (nSPS) is 30.8. The molecule has 0 aromatic carbocycles. The van der Waals surface area contributed by atoms with Crippen LogP contribution in [-0.2, 0) is 14.6 Å². The highest BCUT2D eigenvalue weighted by atomic mass is 32.2. The SMILES string of the molecule is CN(CC1CCCNC1)C(=O)C1CCCCS1(=O)=O. The van der Waals surface area contributed by atoms with Crippen molar-refractivity contribution in [1.82, 2.24) is 10.2 Å². The number of amides is 1. The standard InChI is InChI=1S/C13H24N2O3S/c1-15(10-11-5-4-7-14-9-11)13(16)12-6-2-3-8-19(12,17)18/h11-12,14H,2-10H2,1H3. The van der Waals surface area contributed by atoms with Crippen LogP contribution in [-0.4, -0.2) is 56.9 Å². The number of piperidine rings is 1. The van der Waals surface area contributed by atoms with E-state index < -0.39 is 15.1 Å². The van der Waals surface area contributed by atoms with Crippen molar-refractivity contribution in [2.24, 2.45) is 5.92 Å². The molecule has 0 spiro atoms. The zero-order valence-electron chi connectivity index (χ0n) is 11.6. The lowest BCUT2D eigenvalue weighted by Crippen LogP contribution is -2.46. The quantitative estimate of drug-likeness (QED) is 0.817. The van der Waals surface area contributed by atoms with Crippen LogP contribution in [0.4, 0.5) is 0 Å². The predicted octanol–water partition coefficient (Wildman–Crippen LogP) is 0.412. The van der Waals surface area contributed by atoms with E-state index in [4.69, 9.17) is 0 Å².